The van der Waals surface area contributed by atoms with Crippen molar-refractivity contribution < 1.29 is 22.3 Å². The van der Waals surface area contributed by atoms with Crippen LogP contribution in [0, 0.1) is 12.7 Å². The van der Waals surface area contributed by atoms with E-state index in [1.165, 1.54) is 30.8 Å². The molecule has 0 saturated heterocycles. The van der Waals surface area contributed by atoms with Gasteiger partial charge in [0.1, 0.15) is 12.4 Å². The highest BCUT2D eigenvalue weighted by molar-refractivity contribution is 6.30. The highest BCUT2D eigenvalue weighted by Crippen LogP contribution is 2.38. The van der Waals surface area contributed by atoms with Crippen molar-refractivity contribution in [3.05, 3.63) is 51.9 Å². The molecule has 0 bridgehead atoms. The lowest BCUT2D eigenvalue weighted by molar-refractivity contribution is -0.136. The predicted octanol–water partition coefficient (Wildman–Crippen LogP) is 4.67. The number of hydrogen-bond donors (Lipinski definition) is 0. The van der Waals surface area contributed by atoms with Crippen LogP contribution in [0.3, 0.4) is 0 Å². The summed E-state index contributed by atoms with van der Waals surface area (Å²) in [5.41, 5.74) is -0.547. The van der Waals surface area contributed by atoms with Crippen LogP contribution in [0.25, 0.3) is 11.0 Å². The molecule has 4 nitrogen and oxygen atoms in total. The molecular weight excluding hydrogens is 362 g/mol. The van der Waals surface area contributed by atoms with Crippen molar-refractivity contribution >= 4 is 22.6 Å². The number of nitrogens with zero attached hydrogens (tertiary/aromatic N) is 3. The van der Waals surface area contributed by atoms with Crippen LogP contribution in [-0.4, -0.2) is 14.8 Å². The first-order valence-corrected chi connectivity index (χ1v) is 7.53. The van der Waals surface area contributed by atoms with Crippen molar-refractivity contribution in [3.63, 3.8) is 0 Å². The number of fused-ring (bicyclic) bond motifs is 1. The van der Waals surface area contributed by atoms with Crippen molar-refractivity contribution in [2.45, 2.75) is 19.7 Å². The molecule has 0 saturated carbocycles. The number of rotatable bonds is 3. The first-order chi connectivity index (χ1) is 11.7. The summed E-state index contributed by atoms with van der Waals surface area (Å²) >= 11 is 5.80. The summed E-state index contributed by atoms with van der Waals surface area (Å²) in [5, 5.41) is 3.98. The van der Waals surface area contributed by atoms with Gasteiger partial charge >= 0.3 is 6.18 Å². The molecule has 1 aromatic carbocycles. The topological polar surface area (TPSA) is 39.9 Å². The van der Waals surface area contributed by atoms with E-state index < -0.39 is 17.6 Å². The van der Waals surface area contributed by atoms with Gasteiger partial charge in [-0.15, -0.1) is 5.10 Å². The minimum Gasteiger partial charge on any atom is -0.471 e. The number of pyridine rings is 1. The van der Waals surface area contributed by atoms with Crippen LogP contribution in [-0.2, 0) is 19.8 Å². The van der Waals surface area contributed by atoms with E-state index in [-0.39, 0.29) is 34.8 Å². The fourth-order valence-corrected chi connectivity index (χ4v) is 2.65. The van der Waals surface area contributed by atoms with Gasteiger partial charge in [-0.25, -0.2) is 14.1 Å². The molecule has 0 atom stereocenters. The predicted molar refractivity (Wildman–Crippen MR) is 84.0 cm³/mol. The molecule has 0 aliphatic carbocycles. The molecule has 0 fully saturated rings. The van der Waals surface area contributed by atoms with E-state index in [9.17, 15) is 17.6 Å². The van der Waals surface area contributed by atoms with E-state index >= 15 is 0 Å². The summed E-state index contributed by atoms with van der Waals surface area (Å²) in [7, 11) is 1.46. The highest BCUT2D eigenvalue weighted by Gasteiger charge is 2.36. The number of aromatic nitrogens is 3. The Hall–Kier alpha value is -2.35. The third kappa shape index (κ3) is 3.39. The zero-order valence-electron chi connectivity index (χ0n) is 13.2. The Morgan fingerprint density at radius 1 is 1.24 bits per heavy atom. The van der Waals surface area contributed by atoms with Gasteiger partial charge in [-0.3, -0.25) is 0 Å². The zero-order chi connectivity index (χ0) is 18.4. The summed E-state index contributed by atoms with van der Waals surface area (Å²) < 4.78 is 60.4. The summed E-state index contributed by atoms with van der Waals surface area (Å²) in [4.78, 5) is 4.08. The Morgan fingerprint density at radius 3 is 2.64 bits per heavy atom. The van der Waals surface area contributed by atoms with Crippen molar-refractivity contribution in [2.24, 2.45) is 7.05 Å². The molecule has 132 valence electrons. The van der Waals surface area contributed by atoms with E-state index in [0.717, 1.165) is 12.1 Å². The van der Waals surface area contributed by atoms with Gasteiger partial charge in [0.2, 0.25) is 5.88 Å². The molecule has 9 heteroatoms. The number of hydrogen-bond acceptors (Lipinski definition) is 3. The number of benzene rings is 1. The summed E-state index contributed by atoms with van der Waals surface area (Å²) in [6.07, 6.45) is -4.60. The Kier molecular flexibility index (Phi) is 4.32. The van der Waals surface area contributed by atoms with E-state index in [1.54, 1.807) is 0 Å². The summed E-state index contributed by atoms with van der Waals surface area (Å²) in [6, 6.07) is 4.79. The molecule has 0 N–H and O–H groups in total. The lowest BCUT2D eigenvalue weighted by Crippen LogP contribution is -2.08. The molecule has 0 radical (unpaired) electrons. The van der Waals surface area contributed by atoms with Crippen molar-refractivity contribution in [3.8, 4) is 5.88 Å². The molecule has 25 heavy (non-hydrogen) atoms. The molecular formula is C16H12ClF4N3O. The average Bonchev–Trinajstić information content (AvgIpc) is 2.83. The number of alkyl halides is 3. The number of aryl methyl sites for hydroxylation is 2. The average molecular weight is 374 g/mol. The van der Waals surface area contributed by atoms with Gasteiger partial charge in [-0.05, 0) is 31.2 Å². The summed E-state index contributed by atoms with van der Waals surface area (Å²) in [6.45, 7) is 1.15. The van der Waals surface area contributed by atoms with Gasteiger partial charge in [0, 0.05) is 23.3 Å². The minimum absolute atomic E-state index is 0.0360. The van der Waals surface area contributed by atoms with E-state index in [0.29, 0.717) is 5.02 Å². The first-order valence-electron chi connectivity index (χ1n) is 7.15. The van der Waals surface area contributed by atoms with Gasteiger partial charge < -0.3 is 4.74 Å². The number of halogens is 5. The van der Waals surface area contributed by atoms with Crippen LogP contribution >= 0.6 is 11.6 Å². The molecule has 3 aromatic rings. The molecule has 0 aliphatic heterocycles. The Bertz CT molecular complexity index is 953. The van der Waals surface area contributed by atoms with Crippen molar-refractivity contribution in [2.75, 3.05) is 0 Å². The lowest BCUT2D eigenvalue weighted by atomic mass is 10.1. The fourth-order valence-electron chi connectivity index (χ4n) is 2.46. The van der Waals surface area contributed by atoms with E-state index in [1.807, 2.05) is 0 Å². The second-order valence-corrected chi connectivity index (χ2v) is 5.90. The largest absolute Gasteiger partial charge is 0.471 e. The Balaban J connectivity index is 2.06. The Labute approximate surface area is 145 Å². The molecule has 0 aliphatic rings. The van der Waals surface area contributed by atoms with Gasteiger partial charge in [0.25, 0.3) is 0 Å². The highest BCUT2D eigenvalue weighted by atomic mass is 35.5. The maximum absolute atomic E-state index is 13.8. The summed E-state index contributed by atoms with van der Waals surface area (Å²) in [5.74, 6) is -0.841. The van der Waals surface area contributed by atoms with E-state index in [2.05, 4.69) is 10.1 Å². The monoisotopic (exact) mass is 373 g/mol. The van der Waals surface area contributed by atoms with Crippen LogP contribution in [0.1, 0.15) is 16.8 Å². The third-order valence-electron chi connectivity index (χ3n) is 3.57. The molecule has 2 heterocycles. The first kappa shape index (κ1) is 17.5. The van der Waals surface area contributed by atoms with Crippen LogP contribution in [0.2, 0.25) is 5.02 Å². The maximum atomic E-state index is 13.8. The van der Waals surface area contributed by atoms with Crippen molar-refractivity contribution in [1.29, 1.82) is 0 Å². The van der Waals surface area contributed by atoms with Crippen molar-refractivity contribution in [1.82, 2.24) is 14.8 Å². The van der Waals surface area contributed by atoms with Gasteiger partial charge in [0.15, 0.2) is 5.65 Å². The van der Waals surface area contributed by atoms with Gasteiger partial charge in [-0.2, -0.15) is 13.2 Å². The minimum atomic E-state index is -4.60. The fraction of sp³-hybridized carbons (Fsp3) is 0.250. The normalized spacial score (nSPS) is 12.0. The molecule has 2 aromatic heterocycles. The van der Waals surface area contributed by atoms with Crippen LogP contribution < -0.4 is 4.74 Å². The molecule has 0 spiro atoms. The Morgan fingerprint density at radius 2 is 1.96 bits per heavy atom. The standard InChI is InChI=1S/C16H12ClF4N3O/c1-8-5-11(16(19,20)21)13-14(22-8)24(2)23-15(13)25-7-9-6-10(17)3-4-12(9)18/h3-6H,7H2,1-2H3. The SMILES string of the molecule is Cc1cc(C(F)(F)F)c2c(OCc3cc(Cl)ccc3F)nn(C)c2n1. The van der Waals surface area contributed by atoms with Crippen LogP contribution in [0.15, 0.2) is 24.3 Å². The smallest absolute Gasteiger partial charge is 0.417 e. The van der Waals surface area contributed by atoms with Gasteiger partial charge in [-0.1, -0.05) is 11.6 Å². The quantitative estimate of drug-likeness (QED) is 0.626. The van der Waals surface area contributed by atoms with Crippen LogP contribution in [0.4, 0.5) is 17.6 Å². The van der Waals surface area contributed by atoms with E-state index in [4.69, 9.17) is 16.3 Å². The second kappa shape index (κ2) is 6.18. The maximum Gasteiger partial charge on any atom is 0.417 e. The van der Waals surface area contributed by atoms with Gasteiger partial charge in [0.05, 0.1) is 10.9 Å². The molecule has 0 amide bonds. The third-order valence-corrected chi connectivity index (χ3v) is 3.80. The number of ether oxygens (including phenoxy) is 1. The zero-order valence-corrected chi connectivity index (χ0v) is 13.9. The molecule has 0 unspecified atom stereocenters. The lowest BCUT2D eigenvalue weighted by Gasteiger charge is -2.10. The second-order valence-electron chi connectivity index (χ2n) is 5.46. The molecule has 3 rings (SSSR count). The van der Waals surface area contributed by atoms with Crippen LogP contribution in [0.5, 0.6) is 5.88 Å².